The summed E-state index contributed by atoms with van der Waals surface area (Å²) in [5.74, 6) is 0. The second-order valence-corrected chi connectivity index (χ2v) is 5.97. The molecule has 1 nitrogen and oxygen atoms in total. The first-order valence-corrected chi connectivity index (χ1v) is 6.77. The van der Waals surface area contributed by atoms with E-state index in [-0.39, 0.29) is 6.04 Å². The molecule has 0 bridgehead atoms. The maximum Gasteiger partial charge on any atom is 0.0669 e. The third kappa shape index (κ3) is 2.11. The lowest BCUT2D eigenvalue weighted by Gasteiger charge is -2.08. The summed E-state index contributed by atoms with van der Waals surface area (Å²) in [5, 5.41) is 4.97. The van der Waals surface area contributed by atoms with E-state index < -0.39 is 0 Å². The van der Waals surface area contributed by atoms with Gasteiger partial charge in [-0.2, -0.15) is 0 Å². The number of nitrogens with two attached hydrogens (primary N) is 1. The molecular formula is C11H12ClNS2. The Morgan fingerprint density at radius 2 is 2.00 bits per heavy atom. The molecule has 0 radical (unpaired) electrons. The van der Waals surface area contributed by atoms with E-state index in [9.17, 15) is 0 Å². The molecule has 2 aromatic heterocycles. The molecule has 0 fully saturated rings. The predicted octanol–water partition coefficient (Wildman–Crippen LogP) is 4.13. The van der Waals surface area contributed by atoms with Gasteiger partial charge < -0.3 is 5.73 Å². The van der Waals surface area contributed by atoms with E-state index in [0.29, 0.717) is 0 Å². The van der Waals surface area contributed by atoms with Crippen LogP contribution in [0.1, 0.15) is 26.9 Å². The van der Waals surface area contributed by atoms with Gasteiger partial charge in [-0.05, 0) is 41.8 Å². The molecule has 80 valence electrons. The molecular weight excluding hydrogens is 246 g/mol. The molecule has 0 amide bonds. The van der Waals surface area contributed by atoms with Crippen molar-refractivity contribution in [2.45, 2.75) is 19.9 Å². The van der Waals surface area contributed by atoms with E-state index in [2.05, 4.69) is 23.8 Å². The zero-order valence-corrected chi connectivity index (χ0v) is 11.0. The minimum Gasteiger partial charge on any atom is -0.320 e. The van der Waals surface area contributed by atoms with E-state index in [0.717, 1.165) is 21.0 Å². The van der Waals surface area contributed by atoms with Crippen LogP contribution in [0.5, 0.6) is 0 Å². The van der Waals surface area contributed by atoms with Gasteiger partial charge in [-0.15, -0.1) is 22.7 Å². The summed E-state index contributed by atoms with van der Waals surface area (Å²) in [5.41, 5.74) is 8.44. The van der Waals surface area contributed by atoms with Gasteiger partial charge in [-0.3, -0.25) is 0 Å². The minimum atomic E-state index is -0.0823. The van der Waals surface area contributed by atoms with Crippen molar-refractivity contribution in [3.8, 4) is 0 Å². The molecule has 1 atom stereocenters. The van der Waals surface area contributed by atoms with Gasteiger partial charge in [-0.25, -0.2) is 0 Å². The Balaban J connectivity index is 2.36. The number of aryl methyl sites for hydroxylation is 2. The SMILES string of the molecule is Cc1cc(C(N)c2scc(C)c2Cl)cs1. The average Bonchev–Trinajstić information content (AvgIpc) is 2.75. The molecule has 0 spiro atoms. The van der Waals surface area contributed by atoms with E-state index in [1.165, 1.54) is 4.88 Å². The van der Waals surface area contributed by atoms with Crippen LogP contribution >= 0.6 is 34.3 Å². The van der Waals surface area contributed by atoms with Crippen LogP contribution in [0.2, 0.25) is 5.02 Å². The number of thiophene rings is 2. The molecule has 15 heavy (non-hydrogen) atoms. The molecule has 2 heterocycles. The predicted molar refractivity (Wildman–Crippen MR) is 69.2 cm³/mol. The number of hydrogen-bond acceptors (Lipinski definition) is 3. The summed E-state index contributed by atoms with van der Waals surface area (Å²) in [6.45, 7) is 4.09. The standard InChI is InChI=1S/C11H12ClNS2/c1-6-4-15-11(9(6)12)10(13)8-3-7(2)14-5-8/h3-5,10H,13H2,1-2H3. The number of rotatable bonds is 2. The second kappa shape index (κ2) is 4.26. The van der Waals surface area contributed by atoms with Crippen LogP contribution < -0.4 is 5.73 Å². The van der Waals surface area contributed by atoms with Crippen molar-refractivity contribution < 1.29 is 0 Å². The van der Waals surface area contributed by atoms with Crippen LogP contribution in [0.25, 0.3) is 0 Å². The van der Waals surface area contributed by atoms with Crippen molar-refractivity contribution in [1.29, 1.82) is 0 Å². The van der Waals surface area contributed by atoms with Crippen LogP contribution in [0.15, 0.2) is 16.8 Å². The third-order valence-electron chi connectivity index (χ3n) is 2.32. The smallest absolute Gasteiger partial charge is 0.0669 e. The maximum atomic E-state index is 6.19. The zero-order chi connectivity index (χ0) is 11.0. The molecule has 1 unspecified atom stereocenters. The monoisotopic (exact) mass is 257 g/mol. The van der Waals surface area contributed by atoms with Gasteiger partial charge in [0.05, 0.1) is 11.1 Å². The summed E-state index contributed by atoms with van der Waals surface area (Å²) in [6.07, 6.45) is 0. The van der Waals surface area contributed by atoms with Crippen LogP contribution in [-0.2, 0) is 0 Å². The molecule has 0 saturated heterocycles. The normalized spacial score (nSPS) is 13.1. The highest BCUT2D eigenvalue weighted by Gasteiger charge is 2.16. The third-order valence-corrected chi connectivity index (χ3v) is 4.99. The van der Waals surface area contributed by atoms with Crippen LogP contribution in [0.3, 0.4) is 0 Å². The number of hydrogen-bond donors (Lipinski definition) is 1. The highest BCUT2D eigenvalue weighted by atomic mass is 35.5. The average molecular weight is 258 g/mol. The molecule has 0 aromatic carbocycles. The van der Waals surface area contributed by atoms with Gasteiger partial charge in [0, 0.05) is 9.75 Å². The Hall–Kier alpha value is -0.350. The van der Waals surface area contributed by atoms with Gasteiger partial charge in [0.2, 0.25) is 0 Å². The van der Waals surface area contributed by atoms with Crippen LogP contribution in [0, 0.1) is 13.8 Å². The number of halogens is 1. The van der Waals surface area contributed by atoms with Gasteiger partial charge in [0.1, 0.15) is 0 Å². The highest BCUT2D eigenvalue weighted by Crippen LogP contribution is 2.35. The molecule has 0 aliphatic heterocycles. The minimum absolute atomic E-state index is 0.0823. The first-order valence-electron chi connectivity index (χ1n) is 4.63. The van der Waals surface area contributed by atoms with Crippen molar-refractivity contribution in [1.82, 2.24) is 0 Å². The Morgan fingerprint density at radius 3 is 2.47 bits per heavy atom. The molecule has 0 saturated carbocycles. The Bertz CT molecular complexity index is 473. The molecule has 2 aromatic rings. The van der Waals surface area contributed by atoms with Crippen molar-refractivity contribution in [2.24, 2.45) is 5.73 Å². The molecule has 2 N–H and O–H groups in total. The molecule has 0 aliphatic rings. The van der Waals surface area contributed by atoms with Crippen molar-refractivity contribution in [2.75, 3.05) is 0 Å². The molecule has 4 heteroatoms. The van der Waals surface area contributed by atoms with E-state index >= 15 is 0 Å². The summed E-state index contributed by atoms with van der Waals surface area (Å²) < 4.78 is 0. The fourth-order valence-electron chi connectivity index (χ4n) is 1.44. The Labute approximate surface area is 103 Å². The van der Waals surface area contributed by atoms with Gasteiger partial charge in [-0.1, -0.05) is 11.6 Å². The zero-order valence-electron chi connectivity index (χ0n) is 8.58. The van der Waals surface area contributed by atoms with Crippen molar-refractivity contribution in [3.63, 3.8) is 0 Å². The second-order valence-electron chi connectivity index (χ2n) is 3.57. The van der Waals surface area contributed by atoms with Crippen LogP contribution in [-0.4, -0.2) is 0 Å². The van der Waals surface area contributed by atoms with Gasteiger partial charge in [0.25, 0.3) is 0 Å². The quantitative estimate of drug-likeness (QED) is 0.860. The van der Waals surface area contributed by atoms with Crippen molar-refractivity contribution in [3.05, 3.63) is 42.7 Å². The van der Waals surface area contributed by atoms with E-state index in [1.54, 1.807) is 22.7 Å². The van der Waals surface area contributed by atoms with Gasteiger partial charge in [0.15, 0.2) is 0 Å². The van der Waals surface area contributed by atoms with E-state index in [1.807, 2.05) is 6.92 Å². The topological polar surface area (TPSA) is 26.0 Å². The summed E-state index contributed by atoms with van der Waals surface area (Å²) in [6, 6.07) is 2.04. The first-order chi connectivity index (χ1) is 7.09. The Morgan fingerprint density at radius 1 is 1.27 bits per heavy atom. The summed E-state index contributed by atoms with van der Waals surface area (Å²) in [7, 11) is 0. The lowest BCUT2D eigenvalue weighted by atomic mass is 10.1. The lowest BCUT2D eigenvalue weighted by molar-refractivity contribution is 0.898. The fraction of sp³-hybridized carbons (Fsp3) is 0.273. The molecule has 2 rings (SSSR count). The molecule has 0 aliphatic carbocycles. The van der Waals surface area contributed by atoms with Crippen molar-refractivity contribution >= 4 is 34.3 Å². The first kappa shape index (κ1) is 11.1. The van der Waals surface area contributed by atoms with Crippen LogP contribution in [0.4, 0.5) is 0 Å². The van der Waals surface area contributed by atoms with Gasteiger partial charge >= 0.3 is 0 Å². The highest BCUT2D eigenvalue weighted by molar-refractivity contribution is 7.11. The maximum absolute atomic E-state index is 6.19. The van der Waals surface area contributed by atoms with E-state index in [4.69, 9.17) is 17.3 Å². The Kier molecular flexibility index (Phi) is 3.16. The summed E-state index contributed by atoms with van der Waals surface area (Å²) in [4.78, 5) is 2.34. The fourth-order valence-corrected chi connectivity index (χ4v) is 3.52. The largest absolute Gasteiger partial charge is 0.320 e. The lowest BCUT2D eigenvalue weighted by Crippen LogP contribution is -2.09. The summed E-state index contributed by atoms with van der Waals surface area (Å²) >= 11 is 9.55.